The monoisotopic (exact) mass is 319 g/mol. The standard InChI is InChI=1S/C17H21NO3S/c1-3-13-5-4-6-14(11-13)21-10-9-16-18-12(2)15(22-16)7-8-17(19)20/h4-6,11H,3,7-10H2,1-2H3,(H,19,20). The molecule has 118 valence electrons. The molecule has 0 fully saturated rings. The van der Waals surface area contributed by atoms with Crippen molar-refractivity contribution in [3.63, 3.8) is 0 Å². The van der Waals surface area contributed by atoms with E-state index < -0.39 is 5.97 Å². The molecule has 0 bridgehead atoms. The lowest BCUT2D eigenvalue weighted by Gasteiger charge is -2.06. The van der Waals surface area contributed by atoms with E-state index in [9.17, 15) is 4.79 Å². The zero-order valence-electron chi connectivity index (χ0n) is 13.0. The summed E-state index contributed by atoms with van der Waals surface area (Å²) in [6.07, 6.45) is 2.45. The summed E-state index contributed by atoms with van der Waals surface area (Å²) in [7, 11) is 0. The highest BCUT2D eigenvalue weighted by molar-refractivity contribution is 7.11. The third-order valence-corrected chi connectivity index (χ3v) is 4.67. The van der Waals surface area contributed by atoms with Crippen LogP contribution in [0, 0.1) is 6.92 Å². The predicted octanol–water partition coefficient (Wildman–Crippen LogP) is 3.65. The van der Waals surface area contributed by atoms with E-state index in [4.69, 9.17) is 9.84 Å². The highest BCUT2D eigenvalue weighted by atomic mass is 32.1. The van der Waals surface area contributed by atoms with E-state index in [0.717, 1.165) is 34.2 Å². The molecule has 1 heterocycles. The van der Waals surface area contributed by atoms with Gasteiger partial charge in [0.05, 0.1) is 23.7 Å². The number of carboxylic acid groups (broad SMARTS) is 1. The van der Waals surface area contributed by atoms with Gasteiger partial charge in [0.1, 0.15) is 5.75 Å². The maximum Gasteiger partial charge on any atom is 0.303 e. The summed E-state index contributed by atoms with van der Waals surface area (Å²) in [5.41, 5.74) is 2.20. The Balaban J connectivity index is 1.86. The average molecular weight is 319 g/mol. The number of hydrogen-bond acceptors (Lipinski definition) is 4. The van der Waals surface area contributed by atoms with Crippen LogP contribution in [-0.2, 0) is 24.1 Å². The first kappa shape index (κ1) is 16.5. The summed E-state index contributed by atoms with van der Waals surface area (Å²) in [6, 6.07) is 8.12. The third kappa shape index (κ3) is 4.84. The number of benzene rings is 1. The number of aryl methyl sites for hydroxylation is 3. The Hall–Kier alpha value is -1.88. The summed E-state index contributed by atoms with van der Waals surface area (Å²) in [5.74, 6) is 0.118. The van der Waals surface area contributed by atoms with Crippen LogP contribution >= 0.6 is 11.3 Å². The quantitative estimate of drug-likeness (QED) is 0.807. The minimum Gasteiger partial charge on any atom is -0.493 e. The summed E-state index contributed by atoms with van der Waals surface area (Å²) in [5, 5.41) is 9.75. The van der Waals surface area contributed by atoms with E-state index in [0.29, 0.717) is 13.0 Å². The molecule has 0 aliphatic heterocycles. The van der Waals surface area contributed by atoms with Gasteiger partial charge >= 0.3 is 5.97 Å². The molecule has 0 unspecified atom stereocenters. The number of aromatic nitrogens is 1. The number of carbonyl (C=O) groups is 1. The minimum atomic E-state index is -0.770. The van der Waals surface area contributed by atoms with Crippen molar-refractivity contribution in [3.8, 4) is 5.75 Å². The topological polar surface area (TPSA) is 59.4 Å². The van der Waals surface area contributed by atoms with Crippen LogP contribution in [0.4, 0.5) is 0 Å². The first-order valence-corrected chi connectivity index (χ1v) is 8.29. The normalized spacial score (nSPS) is 10.6. The molecule has 1 aromatic heterocycles. The van der Waals surface area contributed by atoms with Crippen LogP contribution in [0.15, 0.2) is 24.3 Å². The Morgan fingerprint density at radius 2 is 2.18 bits per heavy atom. The molecule has 2 rings (SSSR count). The van der Waals surface area contributed by atoms with Gasteiger partial charge in [0, 0.05) is 11.3 Å². The maximum absolute atomic E-state index is 10.6. The molecule has 2 aromatic rings. The van der Waals surface area contributed by atoms with Crippen molar-refractivity contribution in [3.05, 3.63) is 45.4 Å². The average Bonchev–Trinajstić information content (AvgIpc) is 2.85. The zero-order chi connectivity index (χ0) is 15.9. The molecule has 1 N–H and O–H groups in total. The van der Waals surface area contributed by atoms with Crippen molar-refractivity contribution in [2.45, 2.75) is 39.5 Å². The molecular weight excluding hydrogens is 298 g/mol. The van der Waals surface area contributed by atoms with Crippen molar-refractivity contribution in [1.29, 1.82) is 0 Å². The SMILES string of the molecule is CCc1cccc(OCCc2nc(C)c(CCC(=O)O)s2)c1. The van der Waals surface area contributed by atoms with Crippen molar-refractivity contribution in [2.75, 3.05) is 6.61 Å². The molecule has 0 spiro atoms. The fraction of sp³-hybridized carbons (Fsp3) is 0.412. The van der Waals surface area contributed by atoms with Crippen molar-refractivity contribution in [2.24, 2.45) is 0 Å². The van der Waals surface area contributed by atoms with Crippen LogP contribution in [0.5, 0.6) is 5.75 Å². The number of ether oxygens (including phenoxy) is 1. The van der Waals surface area contributed by atoms with Gasteiger partial charge in [-0.05, 0) is 37.5 Å². The molecule has 0 radical (unpaired) electrons. The van der Waals surface area contributed by atoms with Gasteiger partial charge in [0.15, 0.2) is 0 Å². The van der Waals surface area contributed by atoms with Gasteiger partial charge < -0.3 is 9.84 Å². The van der Waals surface area contributed by atoms with Gasteiger partial charge in [-0.25, -0.2) is 4.98 Å². The van der Waals surface area contributed by atoms with E-state index >= 15 is 0 Å². The number of rotatable bonds is 8. The third-order valence-electron chi connectivity index (χ3n) is 3.39. The van der Waals surface area contributed by atoms with E-state index in [1.54, 1.807) is 11.3 Å². The Kier molecular flexibility index (Phi) is 5.95. The van der Waals surface area contributed by atoms with E-state index in [1.807, 2.05) is 19.1 Å². The van der Waals surface area contributed by atoms with Gasteiger partial charge in [0.25, 0.3) is 0 Å². The summed E-state index contributed by atoms with van der Waals surface area (Å²) >= 11 is 1.59. The number of carboxylic acids is 1. The Bertz CT molecular complexity index is 637. The van der Waals surface area contributed by atoms with E-state index in [2.05, 4.69) is 24.0 Å². The zero-order valence-corrected chi connectivity index (χ0v) is 13.8. The lowest BCUT2D eigenvalue weighted by molar-refractivity contribution is -0.136. The summed E-state index contributed by atoms with van der Waals surface area (Å²) < 4.78 is 5.77. The highest BCUT2D eigenvalue weighted by Crippen LogP contribution is 2.21. The van der Waals surface area contributed by atoms with Gasteiger partial charge in [-0.1, -0.05) is 19.1 Å². The molecule has 1 aromatic carbocycles. The first-order valence-electron chi connectivity index (χ1n) is 7.47. The van der Waals surface area contributed by atoms with Crippen LogP contribution in [0.3, 0.4) is 0 Å². The molecular formula is C17H21NO3S. The van der Waals surface area contributed by atoms with Gasteiger partial charge in [-0.2, -0.15) is 0 Å². The molecule has 0 saturated carbocycles. The maximum atomic E-state index is 10.6. The van der Waals surface area contributed by atoms with Crippen LogP contribution in [0.2, 0.25) is 0 Å². The van der Waals surface area contributed by atoms with Gasteiger partial charge in [-0.3, -0.25) is 4.79 Å². The van der Waals surface area contributed by atoms with Crippen LogP contribution < -0.4 is 4.74 Å². The van der Waals surface area contributed by atoms with E-state index in [-0.39, 0.29) is 6.42 Å². The Morgan fingerprint density at radius 1 is 1.36 bits per heavy atom. The minimum absolute atomic E-state index is 0.156. The lowest BCUT2D eigenvalue weighted by Crippen LogP contribution is -2.01. The van der Waals surface area contributed by atoms with Crippen LogP contribution in [0.1, 0.15) is 34.5 Å². The van der Waals surface area contributed by atoms with Crippen LogP contribution in [0.25, 0.3) is 0 Å². The molecule has 5 heteroatoms. The number of nitrogens with zero attached hydrogens (tertiary/aromatic N) is 1. The van der Waals surface area contributed by atoms with Crippen LogP contribution in [-0.4, -0.2) is 22.7 Å². The van der Waals surface area contributed by atoms with E-state index in [1.165, 1.54) is 5.56 Å². The molecule has 4 nitrogen and oxygen atoms in total. The summed E-state index contributed by atoms with van der Waals surface area (Å²) in [6.45, 7) is 4.64. The lowest BCUT2D eigenvalue weighted by atomic mass is 10.2. The largest absolute Gasteiger partial charge is 0.493 e. The fourth-order valence-electron chi connectivity index (χ4n) is 2.16. The number of thiazole rings is 1. The molecule has 0 saturated heterocycles. The molecule has 0 amide bonds. The Morgan fingerprint density at radius 3 is 2.91 bits per heavy atom. The number of aliphatic carboxylic acids is 1. The van der Waals surface area contributed by atoms with Gasteiger partial charge in [-0.15, -0.1) is 11.3 Å². The summed E-state index contributed by atoms with van der Waals surface area (Å²) in [4.78, 5) is 16.2. The molecule has 0 atom stereocenters. The second-order valence-electron chi connectivity index (χ2n) is 5.11. The second-order valence-corrected chi connectivity index (χ2v) is 6.28. The Labute approximate surface area is 134 Å². The fourth-order valence-corrected chi connectivity index (χ4v) is 3.21. The second kappa shape index (κ2) is 7.94. The van der Waals surface area contributed by atoms with Crippen molar-refractivity contribution >= 4 is 17.3 Å². The molecule has 0 aliphatic rings. The highest BCUT2D eigenvalue weighted by Gasteiger charge is 2.09. The van der Waals surface area contributed by atoms with Crippen molar-refractivity contribution < 1.29 is 14.6 Å². The molecule has 22 heavy (non-hydrogen) atoms. The van der Waals surface area contributed by atoms with Gasteiger partial charge in [0.2, 0.25) is 0 Å². The van der Waals surface area contributed by atoms with Crippen molar-refractivity contribution in [1.82, 2.24) is 4.98 Å². The molecule has 0 aliphatic carbocycles. The predicted molar refractivity (Wildman–Crippen MR) is 87.8 cm³/mol. The first-order chi connectivity index (χ1) is 10.6. The smallest absolute Gasteiger partial charge is 0.303 e. The number of hydrogen-bond donors (Lipinski definition) is 1.